The molecule has 2 heterocycles. The monoisotopic (exact) mass is 347 g/mol. The van der Waals surface area contributed by atoms with Crippen molar-refractivity contribution in [1.82, 2.24) is 4.90 Å². The summed E-state index contributed by atoms with van der Waals surface area (Å²) in [4.78, 5) is 27.1. The third kappa shape index (κ3) is 3.28. The summed E-state index contributed by atoms with van der Waals surface area (Å²) in [5.74, 6) is -0.0541. The van der Waals surface area contributed by atoms with Crippen LogP contribution in [-0.4, -0.2) is 40.6 Å². The zero-order valence-corrected chi connectivity index (χ0v) is 15.1. The van der Waals surface area contributed by atoms with Crippen LogP contribution in [0.1, 0.15) is 40.5 Å². The van der Waals surface area contributed by atoms with E-state index < -0.39 is 22.9 Å². The molecule has 2 aliphatic rings. The lowest BCUT2D eigenvalue weighted by molar-refractivity contribution is -0.156. The summed E-state index contributed by atoms with van der Waals surface area (Å²) in [6.07, 6.45) is 1.30. The van der Waals surface area contributed by atoms with Gasteiger partial charge in [0.05, 0.1) is 0 Å². The van der Waals surface area contributed by atoms with Gasteiger partial charge in [-0.3, -0.25) is 9.59 Å². The van der Waals surface area contributed by atoms with Crippen molar-refractivity contribution >= 4 is 17.5 Å². The van der Waals surface area contributed by atoms with Crippen LogP contribution in [-0.2, 0) is 9.59 Å². The standard InChI is InChI=1S/C18H25N3O4/c1-17(2)8-11(19)9-18(3,4)21(17)16(23)15(22)20-12-5-6-13-14(7-12)25-10-24-13/h5-7,11H,8-10,19H2,1-4H3,(H,20,22). The van der Waals surface area contributed by atoms with Gasteiger partial charge in [-0.2, -0.15) is 0 Å². The molecule has 0 aliphatic carbocycles. The minimum atomic E-state index is -0.671. The molecule has 1 saturated heterocycles. The largest absolute Gasteiger partial charge is 0.454 e. The first-order chi connectivity index (χ1) is 11.6. The van der Waals surface area contributed by atoms with E-state index in [-0.39, 0.29) is 12.8 Å². The quantitative estimate of drug-likeness (QED) is 0.756. The highest BCUT2D eigenvalue weighted by atomic mass is 16.7. The Morgan fingerprint density at radius 2 is 1.72 bits per heavy atom. The Morgan fingerprint density at radius 3 is 2.36 bits per heavy atom. The van der Waals surface area contributed by atoms with Crippen LogP contribution in [0.15, 0.2) is 18.2 Å². The van der Waals surface area contributed by atoms with Gasteiger partial charge < -0.3 is 25.4 Å². The zero-order valence-electron chi connectivity index (χ0n) is 15.1. The maximum Gasteiger partial charge on any atom is 0.313 e. The Balaban J connectivity index is 1.78. The average Bonchev–Trinajstić information content (AvgIpc) is 2.91. The highest BCUT2D eigenvalue weighted by Gasteiger charge is 2.48. The summed E-state index contributed by atoms with van der Waals surface area (Å²) in [7, 11) is 0. The molecule has 0 aromatic heterocycles. The van der Waals surface area contributed by atoms with Crippen molar-refractivity contribution in [1.29, 1.82) is 0 Å². The number of nitrogens with zero attached hydrogens (tertiary/aromatic N) is 1. The molecule has 1 aromatic carbocycles. The lowest BCUT2D eigenvalue weighted by atomic mass is 9.77. The highest BCUT2D eigenvalue weighted by molar-refractivity contribution is 6.39. The van der Waals surface area contributed by atoms with Crippen LogP contribution < -0.4 is 20.5 Å². The molecule has 7 nitrogen and oxygen atoms in total. The number of carbonyl (C=O) groups excluding carboxylic acids is 2. The molecule has 0 saturated carbocycles. The summed E-state index contributed by atoms with van der Waals surface area (Å²) in [5, 5.41) is 2.66. The Hall–Kier alpha value is -2.28. The molecular weight excluding hydrogens is 322 g/mol. The van der Waals surface area contributed by atoms with Gasteiger partial charge in [0.1, 0.15) is 0 Å². The van der Waals surface area contributed by atoms with Crippen molar-refractivity contribution in [2.24, 2.45) is 5.73 Å². The number of hydrogen-bond acceptors (Lipinski definition) is 5. The van der Waals surface area contributed by atoms with Gasteiger partial charge in [0, 0.05) is 28.9 Å². The molecule has 2 aliphatic heterocycles. The number of nitrogens with one attached hydrogen (secondary N) is 1. The average molecular weight is 347 g/mol. The van der Waals surface area contributed by atoms with Gasteiger partial charge in [-0.25, -0.2) is 0 Å². The molecule has 0 spiro atoms. The Labute approximate surface area is 147 Å². The normalized spacial score (nSPS) is 21.1. The first-order valence-electron chi connectivity index (χ1n) is 8.41. The van der Waals surface area contributed by atoms with E-state index in [0.29, 0.717) is 30.0 Å². The van der Waals surface area contributed by atoms with Gasteiger partial charge in [0.2, 0.25) is 6.79 Å². The highest BCUT2D eigenvalue weighted by Crippen LogP contribution is 2.38. The fourth-order valence-corrected chi connectivity index (χ4v) is 4.17. The minimum absolute atomic E-state index is 0.00553. The predicted octanol–water partition coefficient (Wildman–Crippen LogP) is 1.86. The number of likely N-dealkylation sites (tertiary alicyclic amines) is 1. The predicted molar refractivity (Wildman–Crippen MR) is 93.4 cm³/mol. The van der Waals surface area contributed by atoms with Crippen molar-refractivity contribution in [2.45, 2.75) is 57.7 Å². The van der Waals surface area contributed by atoms with E-state index >= 15 is 0 Å². The number of fused-ring (bicyclic) bond motifs is 1. The number of ether oxygens (including phenoxy) is 2. The smallest absolute Gasteiger partial charge is 0.313 e. The summed E-state index contributed by atoms with van der Waals surface area (Å²) in [5.41, 5.74) is 5.64. The number of amides is 2. The first-order valence-corrected chi connectivity index (χ1v) is 8.41. The van der Waals surface area contributed by atoms with E-state index in [0.717, 1.165) is 0 Å². The molecule has 136 valence electrons. The van der Waals surface area contributed by atoms with Crippen LogP contribution in [0.5, 0.6) is 11.5 Å². The fraction of sp³-hybridized carbons (Fsp3) is 0.556. The summed E-state index contributed by atoms with van der Waals surface area (Å²) in [6.45, 7) is 7.93. The van der Waals surface area contributed by atoms with E-state index in [9.17, 15) is 9.59 Å². The van der Waals surface area contributed by atoms with Gasteiger partial charge in [0.25, 0.3) is 0 Å². The Morgan fingerprint density at radius 1 is 1.12 bits per heavy atom. The SMILES string of the molecule is CC1(C)CC(N)CC(C)(C)N1C(=O)C(=O)Nc1ccc2c(c1)OCO2. The summed E-state index contributed by atoms with van der Waals surface area (Å²) < 4.78 is 10.5. The number of benzene rings is 1. The minimum Gasteiger partial charge on any atom is -0.454 e. The van der Waals surface area contributed by atoms with Gasteiger partial charge in [-0.05, 0) is 52.7 Å². The number of nitrogens with two attached hydrogens (primary N) is 1. The molecule has 0 unspecified atom stereocenters. The van der Waals surface area contributed by atoms with E-state index in [1.807, 2.05) is 27.7 Å². The molecule has 25 heavy (non-hydrogen) atoms. The molecule has 0 radical (unpaired) electrons. The lowest BCUT2D eigenvalue weighted by Crippen LogP contribution is -2.66. The van der Waals surface area contributed by atoms with Crippen molar-refractivity contribution < 1.29 is 19.1 Å². The number of piperidine rings is 1. The van der Waals surface area contributed by atoms with Gasteiger partial charge in [-0.15, -0.1) is 0 Å². The lowest BCUT2D eigenvalue weighted by Gasteiger charge is -2.54. The Bertz CT molecular complexity index is 696. The molecule has 2 amide bonds. The number of hydrogen-bond donors (Lipinski definition) is 2. The second-order valence-electron chi connectivity index (χ2n) is 7.96. The van der Waals surface area contributed by atoms with Gasteiger partial charge in [0.15, 0.2) is 11.5 Å². The van der Waals surface area contributed by atoms with E-state index in [1.54, 1.807) is 23.1 Å². The molecule has 0 atom stereocenters. The molecule has 7 heteroatoms. The van der Waals surface area contributed by atoms with E-state index in [1.165, 1.54) is 0 Å². The maximum absolute atomic E-state index is 12.9. The molecule has 0 bridgehead atoms. The summed E-state index contributed by atoms with van der Waals surface area (Å²) in [6, 6.07) is 5.04. The third-order valence-corrected chi connectivity index (χ3v) is 4.76. The van der Waals surface area contributed by atoms with Crippen LogP contribution in [0.3, 0.4) is 0 Å². The van der Waals surface area contributed by atoms with Crippen LogP contribution in [0.25, 0.3) is 0 Å². The van der Waals surface area contributed by atoms with Crippen LogP contribution in [0.4, 0.5) is 5.69 Å². The fourth-order valence-electron chi connectivity index (χ4n) is 4.17. The molecule has 1 aromatic rings. The van der Waals surface area contributed by atoms with Crippen LogP contribution >= 0.6 is 0 Å². The van der Waals surface area contributed by atoms with Crippen molar-refractivity contribution in [3.63, 3.8) is 0 Å². The van der Waals surface area contributed by atoms with Crippen LogP contribution in [0, 0.1) is 0 Å². The van der Waals surface area contributed by atoms with E-state index in [2.05, 4.69) is 5.32 Å². The van der Waals surface area contributed by atoms with Crippen molar-refractivity contribution in [2.75, 3.05) is 12.1 Å². The molecule has 3 N–H and O–H groups in total. The topological polar surface area (TPSA) is 93.9 Å². The van der Waals surface area contributed by atoms with Gasteiger partial charge >= 0.3 is 11.8 Å². The second-order valence-corrected chi connectivity index (χ2v) is 7.96. The number of rotatable bonds is 1. The molecule has 1 fully saturated rings. The number of anilines is 1. The Kier molecular flexibility index (Phi) is 4.15. The van der Waals surface area contributed by atoms with E-state index in [4.69, 9.17) is 15.2 Å². The zero-order chi connectivity index (χ0) is 18.4. The number of carbonyl (C=O) groups is 2. The van der Waals surface area contributed by atoms with Crippen molar-refractivity contribution in [3.8, 4) is 11.5 Å². The second kappa shape index (κ2) is 5.91. The molecule has 3 rings (SSSR count). The summed E-state index contributed by atoms with van der Waals surface area (Å²) >= 11 is 0. The van der Waals surface area contributed by atoms with Crippen molar-refractivity contribution in [3.05, 3.63) is 18.2 Å². The maximum atomic E-state index is 12.9. The van der Waals surface area contributed by atoms with Crippen LogP contribution in [0.2, 0.25) is 0 Å². The van der Waals surface area contributed by atoms with Gasteiger partial charge in [-0.1, -0.05) is 0 Å². The first kappa shape index (κ1) is 17.5. The molecular formula is C18H25N3O4. The third-order valence-electron chi connectivity index (χ3n) is 4.76.